The molecule has 4 aromatic rings. The molecule has 43 heavy (non-hydrogen) atoms. The average Bonchev–Trinajstić information content (AvgIpc) is 3.53. The summed E-state index contributed by atoms with van der Waals surface area (Å²) in [4.78, 5) is 33.4. The molecule has 3 heterocycles. The van der Waals surface area contributed by atoms with Gasteiger partial charge in [-0.2, -0.15) is 0 Å². The number of Topliss-reactive ketones (excluding diaryl/α,β-unsaturated/α-hetero) is 1. The first-order valence-corrected chi connectivity index (χ1v) is 15.0. The third-order valence-electron chi connectivity index (χ3n) is 7.26. The summed E-state index contributed by atoms with van der Waals surface area (Å²) in [5, 5.41) is 12.4. The van der Waals surface area contributed by atoms with Gasteiger partial charge in [0.1, 0.15) is 19.0 Å². The van der Waals surface area contributed by atoms with E-state index in [0.29, 0.717) is 75.5 Å². The van der Waals surface area contributed by atoms with E-state index in [-0.39, 0.29) is 11.3 Å². The Labute approximate surface area is 257 Å². The number of rotatable bonds is 8. The van der Waals surface area contributed by atoms with Gasteiger partial charge < -0.3 is 24.1 Å². The van der Waals surface area contributed by atoms with Crippen molar-refractivity contribution in [3.8, 4) is 23.0 Å². The number of nitrogens with zero attached hydrogens (tertiary/aromatic N) is 2. The molecule has 2 aliphatic heterocycles. The zero-order chi connectivity index (χ0) is 30.2. The van der Waals surface area contributed by atoms with E-state index in [1.165, 1.54) is 23.3 Å². The van der Waals surface area contributed by atoms with Crippen LogP contribution in [0.2, 0.25) is 5.02 Å². The largest absolute Gasteiger partial charge is 0.507 e. The van der Waals surface area contributed by atoms with Crippen LogP contribution in [0.15, 0.2) is 60.2 Å². The lowest BCUT2D eigenvalue weighted by molar-refractivity contribution is -0.132. The van der Waals surface area contributed by atoms with Gasteiger partial charge in [0.25, 0.3) is 5.78 Å². The summed E-state index contributed by atoms with van der Waals surface area (Å²) in [6, 6.07) is 14.3. The summed E-state index contributed by atoms with van der Waals surface area (Å²) < 4.78 is 23.7. The van der Waals surface area contributed by atoms with Gasteiger partial charge in [0.05, 0.1) is 35.5 Å². The van der Waals surface area contributed by atoms with Gasteiger partial charge >= 0.3 is 5.91 Å². The Morgan fingerprint density at radius 3 is 2.63 bits per heavy atom. The number of halogens is 1. The fourth-order valence-electron chi connectivity index (χ4n) is 5.06. The number of methoxy groups -OCH3 is 1. The summed E-state index contributed by atoms with van der Waals surface area (Å²) >= 11 is 7.44. The predicted molar refractivity (Wildman–Crippen MR) is 165 cm³/mol. The number of fused-ring (bicyclic) bond motifs is 2. The van der Waals surface area contributed by atoms with E-state index in [2.05, 4.69) is 18.8 Å². The number of thiazole rings is 1. The van der Waals surface area contributed by atoms with Gasteiger partial charge in [-0.1, -0.05) is 42.9 Å². The van der Waals surface area contributed by atoms with Crippen molar-refractivity contribution in [2.45, 2.75) is 26.3 Å². The quantitative estimate of drug-likeness (QED) is 0.130. The number of carbonyl (C=O) groups excluding carboxylic acids is 2. The second-order valence-corrected chi connectivity index (χ2v) is 12.0. The normalized spacial score (nSPS) is 17.6. The molecule has 1 N–H and O–H groups in total. The van der Waals surface area contributed by atoms with Crippen molar-refractivity contribution in [1.82, 2.24) is 4.98 Å². The Bertz CT molecular complexity index is 1770. The average molecular weight is 621 g/mol. The van der Waals surface area contributed by atoms with Crippen molar-refractivity contribution in [2.24, 2.45) is 5.92 Å². The number of carbonyl (C=O) groups is 2. The van der Waals surface area contributed by atoms with Gasteiger partial charge in [-0.25, -0.2) is 4.98 Å². The maximum absolute atomic E-state index is 13.7. The van der Waals surface area contributed by atoms with Crippen molar-refractivity contribution in [2.75, 3.05) is 31.8 Å². The number of aromatic nitrogens is 1. The fraction of sp³-hybridized carbons (Fsp3) is 0.281. The molecule has 0 bridgehead atoms. The standard InChI is InChI=1S/C32H29ClN2O7S/c1-17(2)10-11-40-22-8-4-18(14-24(22)39-3)28-27(29(36)19-5-9-23-25(15-19)42-13-12-41-23)30(37)31(38)35(28)32-34-21-7-6-20(33)16-26(21)43-32/h4-9,14-17,28,36H,10-13H2,1-3H3/b29-27+. The number of hydrogen-bond acceptors (Lipinski definition) is 9. The minimum absolute atomic E-state index is 0.0884. The van der Waals surface area contributed by atoms with Crippen molar-refractivity contribution < 1.29 is 33.6 Å². The van der Waals surface area contributed by atoms with Gasteiger partial charge in [-0.05, 0) is 66.4 Å². The predicted octanol–water partition coefficient (Wildman–Crippen LogP) is 6.78. The van der Waals surface area contributed by atoms with Crippen LogP contribution in [-0.4, -0.2) is 48.7 Å². The molecule has 2 aliphatic rings. The van der Waals surface area contributed by atoms with E-state index in [0.717, 1.165) is 11.1 Å². The smallest absolute Gasteiger partial charge is 0.301 e. The summed E-state index contributed by atoms with van der Waals surface area (Å²) in [5.74, 6) is 0.404. The maximum Gasteiger partial charge on any atom is 0.301 e. The first-order valence-electron chi connectivity index (χ1n) is 13.8. The number of ketones is 1. The zero-order valence-electron chi connectivity index (χ0n) is 23.8. The van der Waals surface area contributed by atoms with Crippen LogP contribution >= 0.6 is 22.9 Å². The molecule has 0 spiro atoms. The molecule has 3 aromatic carbocycles. The first-order chi connectivity index (χ1) is 20.7. The lowest BCUT2D eigenvalue weighted by atomic mass is 9.95. The Morgan fingerprint density at radius 2 is 1.86 bits per heavy atom. The van der Waals surface area contributed by atoms with Crippen LogP contribution in [-0.2, 0) is 9.59 Å². The molecule has 1 atom stereocenters. The summed E-state index contributed by atoms with van der Waals surface area (Å²) in [6.07, 6.45) is 0.863. The van der Waals surface area contributed by atoms with Crippen molar-refractivity contribution in [1.29, 1.82) is 0 Å². The van der Waals surface area contributed by atoms with E-state index >= 15 is 0 Å². The number of amides is 1. The summed E-state index contributed by atoms with van der Waals surface area (Å²) in [7, 11) is 1.53. The molecule has 6 rings (SSSR count). The minimum atomic E-state index is -1.01. The second kappa shape index (κ2) is 11.8. The van der Waals surface area contributed by atoms with Gasteiger partial charge in [-0.3, -0.25) is 14.5 Å². The summed E-state index contributed by atoms with van der Waals surface area (Å²) in [5.41, 5.74) is 1.38. The van der Waals surface area contributed by atoms with E-state index in [9.17, 15) is 14.7 Å². The van der Waals surface area contributed by atoms with Gasteiger partial charge in [0.2, 0.25) is 0 Å². The van der Waals surface area contributed by atoms with Crippen LogP contribution in [0.1, 0.15) is 37.4 Å². The second-order valence-electron chi connectivity index (χ2n) is 10.6. The number of anilines is 1. The zero-order valence-corrected chi connectivity index (χ0v) is 25.3. The third-order valence-corrected chi connectivity index (χ3v) is 8.51. The molecular weight excluding hydrogens is 592 g/mol. The van der Waals surface area contributed by atoms with Crippen LogP contribution < -0.4 is 23.8 Å². The molecule has 0 aliphatic carbocycles. The highest BCUT2D eigenvalue weighted by Gasteiger charge is 2.48. The van der Waals surface area contributed by atoms with Crippen LogP contribution in [0, 0.1) is 5.92 Å². The Morgan fingerprint density at radius 1 is 1.07 bits per heavy atom. The van der Waals surface area contributed by atoms with E-state index < -0.39 is 17.7 Å². The van der Waals surface area contributed by atoms with E-state index in [1.54, 1.807) is 54.6 Å². The lowest BCUT2D eigenvalue weighted by Gasteiger charge is -2.24. The molecule has 1 amide bonds. The monoisotopic (exact) mass is 620 g/mol. The minimum Gasteiger partial charge on any atom is -0.507 e. The van der Waals surface area contributed by atoms with Gasteiger partial charge in [0.15, 0.2) is 28.1 Å². The Balaban J connectivity index is 1.49. The van der Waals surface area contributed by atoms with E-state index in [4.69, 9.17) is 30.5 Å². The number of ether oxygens (including phenoxy) is 4. The molecule has 1 fully saturated rings. The highest BCUT2D eigenvalue weighted by Crippen LogP contribution is 2.46. The van der Waals surface area contributed by atoms with Crippen LogP contribution in [0.25, 0.3) is 16.0 Å². The van der Waals surface area contributed by atoms with E-state index in [1.807, 2.05) is 0 Å². The van der Waals surface area contributed by atoms with Crippen LogP contribution in [0.4, 0.5) is 5.13 Å². The maximum atomic E-state index is 13.7. The van der Waals surface area contributed by atoms with Crippen LogP contribution in [0.3, 0.4) is 0 Å². The molecule has 0 radical (unpaired) electrons. The van der Waals surface area contributed by atoms with Gasteiger partial charge in [0, 0.05) is 10.6 Å². The molecule has 1 unspecified atom stereocenters. The number of hydrogen-bond donors (Lipinski definition) is 1. The highest BCUT2D eigenvalue weighted by atomic mass is 35.5. The van der Waals surface area contributed by atoms with Crippen molar-refractivity contribution in [3.05, 3.63) is 76.3 Å². The first kappa shape index (κ1) is 28.8. The molecular formula is C32H29ClN2O7S. The summed E-state index contributed by atoms with van der Waals surface area (Å²) in [6.45, 7) is 5.50. The number of aliphatic hydroxyl groups excluding tert-OH is 1. The highest BCUT2D eigenvalue weighted by molar-refractivity contribution is 7.22. The Hall–Kier alpha value is -4.28. The third kappa shape index (κ3) is 5.48. The number of benzene rings is 3. The topological polar surface area (TPSA) is 107 Å². The van der Waals surface area contributed by atoms with Crippen LogP contribution in [0.5, 0.6) is 23.0 Å². The number of aliphatic hydroxyl groups is 1. The fourth-order valence-corrected chi connectivity index (χ4v) is 6.33. The molecule has 9 nitrogen and oxygen atoms in total. The lowest BCUT2D eigenvalue weighted by Crippen LogP contribution is -2.29. The molecule has 0 saturated carbocycles. The van der Waals surface area contributed by atoms with Crippen molar-refractivity contribution in [3.63, 3.8) is 0 Å². The molecule has 11 heteroatoms. The van der Waals surface area contributed by atoms with Crippen molar-refractivity contribution >= 4 is 55.7 Å². The van der Waals surface area contributed by atoms with Gasteiger partial charge in [-0.15, -0.1) is 0 Å². The molecule has 1 aromatic heterocycles. The SMILES string of the molecule is COc1cc(C2/C(=C(\O)c3ccc4c(c3)OCCO4)C(=O)C(=O)N2c2nc3ccc(Cl)cc3s2)ccc1OCCC(C)C. The molecule has 222 valence electrons. The molecule has 1 saturated heterocycles. The Kier molecular flexibility index (Phi) is 7.89.